The molecule has 2 aromatic rings. The third kappa shape index (κ3) is 4.32. The fourth-order valence-electron chi connectivity index (χ4n) is 2.27. The molecule has 116 valence electrons. The molecule has 0 aliphatic carbocycles. The van der Waals surface area contributed by atoms with E-state index in [1.807, 2.05) is 25.1 Å². The second-order valence-electron chi connectivity index (χ2n) is 5.54. The molecule has 0 saturated heterocycles. The number of hydrogen-bond acceptors (Lipinski definition) is 4. The standard InChI is InChI=1S/C18H24N4/c1-5-11-19-17-12-18(21-15(4)20-17)22(14(2)3)13-16-9-7-6-8-10-16/h5-10,12,14H,1,11,13H2,2-4H3,(H,19,20,21). The van der Waals surface area contributed by atoms with Gasteiger partial charge in [-0.1, -0.05) is 36.4 Å². The van der Waals surface area contributed by atoms with Gasteiger partial charge < -0.3 is 10.2 Å². The van der Waals surface area contributed by atoms with Crippen LogP contribution in [0.25, 0.3) is 0 Å². The molecule has 0 aliphatic heterocycles. The third-order valence-corrected chi connectivity index (χ3v) is 3.37. The number of aromatic nitrogens is 2. The molecule has 0 bridgehead atoms. The molecule has 2 rings (SSSR count). The van der Waals surface area contributed by atoms with Crippen LogP contribution in [0.4, 0.5) is 11.6 Å². The van der Waals surface area contributed by atoms with Crippen molar-refractivity contribution in [3.8, 4) is 0 Å². The van der Waals surface area contributed by atoms with E-state index in [2.05, 4.69) is 64.9 Å². The number of anilines is 2. The van der Waals surface area contributed by atoms with Crippen molar-refractivity contribution in [1.82, 2.24) is 9.97 Å². The molecule has 0 atom stereocenters. The van der Waals surface area contributed by atoms with Gasteiger partial charge >= 0.3 is 0 Å². The number of nitrogens with one attached hydrogen (secondary N) is 1. The smallest absolute Gasteiger partial charge is 0.134 e. The van der Waals surface area contributed by atoms with Gasteiger partial charge in [0.2, 0.25) is 0 Å². The van der Waals surface area contributed by atoms with Crippen molar-refractivity contribution in [2.45, 2.75) is 33.4 Å². The highest BCUT2D eigenvalue weighted by atomic mass is 15.2. The summed E-state index contributed by atoms with van der Waals surface area (Å²) in [6.07, 6.45) is 1.82. The number of benzene rings is 1. The first-order chi connectivity index (χ1) is 10.6. The zero-order chi connectivity index (χ0) is 15.9. The van der Waals surface area contributed by atoms with Gasteiger partial charge in [-0.25, -0.2) is 9.97 Å². The summed E-state index contributed by atoms with van der Waals surface area (Å²) in [5, 5.41) is 3.24. The van der Waals surface area contributed by atoms with Crippen LogP contribution in [-0.2, 0) is 6.54 Å². The second kappa shape index (κ2) is 7.59. The van der Waals surface area contributed by atoms with Crippen molar-refractivity contribution in [3.63, 3.8) is 0 Å². The van der Waals surface area contributed by atoms with Gasteiger partial charge in [-0.3, -0.25) is 0 Å². The summed E-state index contributed by atoms with van der Waals surface area (Å²) in [6.45, 7) is 11.5. The first-order valence-electron chi connectivity index (χ1n) is 7.61. The maximum absolute atomic E-state index is 4.61. The maximum atomic E-state index is 4.61. The molecule has 1 aromatic carbocycles. The molecule has 4 heteroatoms. The van der Waals surface area contributed by atoms with E-state index in [-0.39, 0.29) is 0 Å². The van der Waals surface area contributed by atoms with Crippen molar-refractivity contribution in [3.05, 3.63) is 60.4 Å². The lowest BCUT2D eigenvalue weighted by molar-refractivity contribution is 0.669. The molecule has 0 spiro atoms. The monoisotopic (exact) mass is 296 g/mol. The minimum atomic E-state index is 0.349. The van der Waals surface area contributed by atoms with Crippen LogP contribution < -0.4 is 10.2 Å². The zero-order valence-corrected chi connectivity index (χ0v) is 13.6. The minimum Gasteiger partial charge on any atom is -0.366 e. The normalized spacial score (nSPS) is 10.5. The van der Waals surface area contributed by atoms with E-state index >= 15 is 0 Å². The molecular weight excluding hydrogens is 272 g/mol. The van der Waals surface area contributed by atoms with Gasteiger partial charge in [-0.15, -0.1) is 6.58 Å². The van der Waals surface area contributed by atoms with Crippen LogP contribution >= 0.6 is 0 Å². The topological polar surface area (TPSA) is 41.0 Å². The summed E-state index contributed by atoms with van der Waals surface area (Å²) in [5.74, 6) is 2.54. The fraction of sp³-hybridized carbons (Fsp3) is 0.333. The van der Waals surface area contributed by atoms with Crippen molar-refractivity contribution in [2.75, 3.05) is 16.8 Å². The number of aryl methyl sites for hydroxylation is 1. The first-order valence-corrected chi connectivity index (χ1v) is 7.61. The van der Waals surface area contributed by atoms with Crippen LogP contribution in [0.1, 0.15) is 25.2 Å². The SMILES string of the molecule is C=CCNc1cc(N(Cc2ccccc2)C(C)C)nc(C)n1. The Hall–Kier alpha value is -2.36. The Morgan fingerprint density at radius 1 is 1.23 bits per heavy atom. The molecule has 0 amide bonds. The molecule has 0 aliphatic rings. The van der Waals surface area contributed by atoms with Crippen LogP contribution in [0.5, 0.6) is 0 Å². The summed E-state index contributed by atoms with van der Waals surface area (Å²) in [6, 6.07) is 12.8. The van der Waals surface area contributed by atoms with Gasteiger partial charge in [0.1, 0.15) is 17.5 Å². The molecule has 1 N–H and O–H groups in total. The molecule has 1 aromatic heterocycles. The largest absolute Gasteiger partial charge is 0.366 e. The Morgan fingerprint density at radius 3 is 2.59 bits per heavy atom. The Kier molecular flexibility index (Phi) is 5.53. The van der Waals surface area contributed by atoms with Crippen LogP contribution in [0.2, 0.25) is 0 Å². The molecule has 0 saturated carbocycles. The van der Waals surface area contributed by atoms with E-state index < -0.39 is 0 Å². The number of hydrogen-bond donors (Lipinski definition) is 1. The third-order valence-electron chi connectivity index (χ3n) is 3.37. The van der Waals surface area contributed by atoms with E-state index in [1.54, 1.807) is 0 Å². The van der Waals surface area contributed by atoms with E-state index in [0.29, 0.717) is 12.6 Å². The van der Waals surface area contributed by atoms with Crippen molar-refractivity contribution < 1.29 is 0 Å². The fourth-order valence-corrected chi connectivity index (χ4v) is 2.27. The average molecular weight is 296 g/mol. The molecule has 4 nitrogen and oxygen atoms in total. The molecule has 1 heterocycles. The first kappa shape index (κ1) is 16.0. The Morgan fingerprint density at radius 2 is 1.95 bits per heavy atom. The Bertz CT molecular complexity index is 608. The molecule has 0 radical (unpaired) electrons. The zero-order valence-electron chi connectivity index (χ0n) is 13.6. The lowest BCUT2D eigenvalue weighted by Gasteiger charge is -2.28. The summed E-state index contributed by atoms with van der Waals surface area (Å²) in [4.78, 5) is 11.3. The van der Waals surface area contributed by atoms with Gasteiger partial charge in [0, 0.05) is 25.2 Å². The Labute approximate surface area is 132 Å². The Balaban J connectivity index is 2.27. The van der Waals surface area contributed by atoms with Crippen molar-refractivity contribution >= 4 is 11.6 Å². The van der Waals surface area contributed by atoms with Crippen molar-refractivity contribution in [2.24, 2.45) is 0 Å². The summed E-state index contributed by atoms with van der Waals surface area (Å²) >= 11 is 0. The van der Waals surface area contributed by atoms with Gasteiger partial charge in [-0.2, -0.15) is 0 Å². The molecule has 0 fully saturated rings. The minimum absolute atomic E-state index is 0.349. The van der Waals surface area contributed by atoms with Crippen LogP contribution in [0.15, 0.2) is 49.1 Å². The predicted molar refractivity (Wildman–Crippen MR) is 93.2 cm³/mol. The van der Waals surface area contributed by atoms with Gasteiger partial charge in [0.05, 0.1) is 0 Å². The molecule has 0 unspecified atom stereocenters. The second-order valence-corrected chi connectivity index (χ2v) is 5.54. The number of rotatable bonds is 7. The average Bonchev–Trinajstić information content (AvgIpc) is 2.50. The highest BCUT2D eigenvalue weighted by Gasteiger charge is 2.14. The van der Waals surface area contributed by atoms with Gasteiger partial charge in [0.25, 0.3) is 0 Å². The quantitative estimate of drug-likeness (QED) is 0.789. The van der Waals surface area contributed by atoms with Crippen LogP contribution in [-0.4, -0.2) is 22.6 Å². The van der Waals surface area contributed by atoms with Crippen LogP contribution in [0, 0.1) is 6.92 Å². The maximum Gasteiger partial charge on any atom is 0.134 e. The molecule has 22 heavy (non-hydrogen) atoms. The summed E-state index contributed by atoms with van der Waals surface area (Å²) < 4.78 is 0. The van der Waals surface area contributed by atoms with E-state index in [9.17, 15) is 0 Å². The van der Waals surface area contributed by atoms with Gasteiger partial charge in [-0.05, 0) is 26.3 Å². The summed E-state index contributed by atoms with van der Waals surface area (Å²) in [5.41, 5.74) is 1.27. The van der Waals surface area contributed by atoms with Crippen LogP contribution in [0.3, 0.4) is 0 Å². The highest BCUT2D eigenvalue weighted by molar-refractivity contribution is 5.50. The highest BCUT2D eigenvalue weighted by Crippen LogP contribution is 2.20. The van der Waals surface area contributed by atoms with E-state index in [0.717, 1.165) is 24.0 Å². The lowest BCUT2D eigenvalue weighted by Crippen LogP contribution is -2.31. The van der Waals surface area contributed by atoms with Gasteiger partial charge in [0.15, 0.2) is 0 Å². The predicted octanol–water partition coefficient (Wildman–Crippen LogP) is 3.80. The lowest BCUT2D eigenvalue weighted by atomic mass is 10.2. The van der Waals surface area contributed by atoms with E-state index in [4.69, 9.17) is 0 Å². The van der Waals surface area contributed by atoms with Crippen molar-refractivity contribution in [1.29, 1.82) is 0 Å². The molecular formula is C18H24N4. The van der Waals surface area contributed by atoms with E-state index in [1.165, 1.54) is 5.56 Å². The summed E-state index contributed by atoms with van der Waals surface area (Å²) in [7, 11) is 0. The number of nitrogens with zero attached hydrogens (tertiary/aromatic N) is 3.